The quantitative estimate of drug-likeness (QED) is 0.295. The van der Waals surface area contributed by atoms with E-state index in [1.807, 2.05) is 19.1 Å². The van der Waals surface area contributed by atoms with E-state index in [0.29, 0.717) is 5.75 Å². The zero-order valence-electron chi connectivity index (χ0n) is 12.3. The van der Waals surface area contributed by atoms with Gasteiger partial charge in [-0.25, -0.2) is 5.84 Å². The number of hydrogen-bond donors (Lipinski definition) is 4. The minimum atomic E-state index is -0.316. The molecule has 2 aromatic rings. The average molecular weight is 297 g/mol. The molecule has 6 N–H and O–H groups in total. The zero-order chi connectivity index (χ0) is 16.1. The molecule has 0 fully saturated rings. The molecule has 0 saturated carbocycles. The Bertz CT molecular complexity index is 689. The number of aliphatic hydroxyl groups is 1. The van der Waals surface area contributed by atoms with Gasteiger partial charge in [-0.2, -0.15) is 0 Å². The molecule has 0 heterocycles. The molecule has 0 atom stereocenters. The molecular formula is C17H19N3O2. The van der Waals surface area contributed by atoms with Gasteiger partial charge in [-0.05, 0) is 30.2 Å². The summed E-state index contributed by atoms with van der Waals surface area (Å²) in [4.78, 5) is 0. The summed E-state index contributed by atoms with van der Waals surface area (Å²) in [5, 5.41) is 9.26. The van der Waals surface area contributed by atoms with Crippen molar-refractivity contribution in [3.8, 4) is 16.9 Å². The van der Waals surface area contributed by atoms with E-state index in [9.17, 15) is 5.11 Å². The number of nitrogens with one attached hydrogen (secondary N) is 1. The van der Waals surface area contributed by atoms with Gasteiger partial charge in [0.05, 0.1) is 0 Å². The van der Waals surface area contributed by atoms with Crippen LogP contribution < -0.4 is 21.7 Å². The second kappa shape index (κ2) is 6.69. The second-order valence-electron chi connectivity index (χ2n) is 4.83. The minimum Gasteiger partial charge on any atom is -0.506 e. The lowest BCUT2D eigenvalue weighted by Crippen LogP contribution is -2.29. The lowest BCUT2D eigenvalue weighted by molar-refractivity contribution is 0.359. The molecule has 0 aliphatic heterocycles. The van der Waals surface area contributed by atoms with Gasteiger partial charge in [-0.15, -0.1) is 0 Å². The van der Waals surface area contributed by atoms with E-state index in [1.165, 1.54) is 5.56 Å². The van der Waals surface area contributed by atoms with Crippen LogP contribution >= 0.6 is 0 Å². The number of hydrogen-bond acceptors (Lipinski definition) is 5. The summed E-state index contributed by atoms with van der Waals surface area (Å²) in [5.74, 6) is 5.59. The topological polar surface area (TPSA) is 93.5 Å². The number of aliphatic hydroxyl groups excluding tert-OH is 1. The Kier molecular flexibility index (Phi) is 4.70. The van der Waals surface area contributed by atoms with Crippen molar-refractivity contribution in [1.29, 1.82) is 0 Å². The number of aryl methyl sites for hydroxylation is 1. The number of nitrogens with two attached hydrogens (primary N) is 2. The molecule has 22 heavy (non-hydrogen) atoms. The van der Waals surface area contributed by atoms with Crippen LogP contribution in [0.1, 0.15) is 5.56 Å². The molecule has 2 aromatic carbocycles. The third-order valence-corrected chi connectivity index (χ3v) is 3.15. The highest BCUT2D eigenvalue weighted by Crippen LogP contribution is 2.23. The molecule has 114 valence electrons. The minimum absolute atomic E-state index is 0.0376. The highest BCUT2D eigenvalue weighted by atomic mass is 16.5. The first-order valence-electron chi connectivity index (χ1n) is 6.71. The van der Waals surface area contributed by atoms with Crippen LogP contribution in [0.5, 0.6) is 5.75 Å². The molecule has 0 radical (unpaired) electrons. The predicted octanol–water partition coefficient (Wildman–Crippen LogP) is 2.70. The third-order valence-electron chi connectivity index (χ3n) is 3.15. The van der Waals surface area contributed by atoms with Crippen LogP contribution in [0.4, 0.5) is 0 Å². The first-order valence-corrected chi connectivity index (χ1v) is 6.71. The molecule has 5 heteroatoms. The Labute approximate surface area is 129 Å². The van der Waals surface area contributed by atoms with Gasteiger partial charge >= 0.3 is 0 Å². The van der Waals surface area contributed by atoms with Gasteiger partial charge in [0.2, 0.25) is 5.88 Å². The summed E-state index contributed by atoms with van der Waals surface area (Å²) in [7, 11) is 0. The van der Waals surface area contributed by atoms with Crippen LogP contribution in [0.3, 0.4) is 0 Å². The van der Waals surface area contributed by atoms with Crippen molar-refractivity contribution in [2.75, 3.05) is 0 Å². The largest absolute Gasteiger partial charge is 0.506 e. The van der Waals surface area contributed by atoms with Crippen molar-refractivity contribution in [3.63, 3.8) is 0 Å². The second-order valence-corrected chi connectivity index (χ2v) is 4.83. The lowest BCUT2D eigenvalue weighted by Gasteiger charge is -2.12. The first-order chi connectivity index (χ1) is 10.5. The van der Waals surface area contributed by atoms with Crippen LogP contribution in [-0.2, 0) is 0 Å². The van der Waals surface area contributed by atoms with E-state index >= 15 is 0 Å². The molecule has 0 bridgehead atoms. The molecule has 0 spiro atoms. The Hall–Kier alpha value is -2.92. The maximum absolute atomic E-state index is 9.26. The van der Waals surface area contributed by atoms with Crippen molar-refractivity contribution in [2.24, 2.45) is 11.6 Å². The van der Waals surface area contributed by atoms with E-state index in [4.69, 9.17) is 16.3 Å². The number of rotatable bonds is 5. The SMILES string of the molecule is C=C(O)/C(N)=C(/NN)Oc1ccc(-c2ccc(C)cc2)cc1. The Morgan fingerprint density at radius 3 is 2.00 bits per heavy atom. The Morgan fingerprint density at radius 2 is 1.55 bits per heavy atom. The fraction of sp³-hybridized carbons (Fsp3) is 0.0588. The standard InChI is InChI=1S/C17H19N3O2/c1-11-3-5-13(6-4-11)14-7-9-15(10-8-14)22-17(20-19)16(18)12(2)21/h3-10,20-21H,2,18-19H2,1H3/b17-16+. The van der Waals surface area contributed by atoms with E-state index in [1.54, 1.807) is 12.1 Å². The van der Waals surface area contributed by atoms with E-state index in [2.05, 4.69) is 36.3 Å². The predicted molar refractivity (Wildman–Crippen MR) is 87.5 cm³/mol. The number of benzene rings is 2. The van der Waals surface area contributed by atoms with Crippen LogP contribution in [0, 0.1) is 6.92 Å². The van der Waals surface area contributed by atoms with Crippen molar-refractivity contribution in [3.05, 3.63) is 78.0 Å². The van der Waals surface area contributed by atoms with Gasteiger partial charge < -0.3 is 15.6 Å². The first kappa shape index (κ1) is 15.5. The molecule has 0 saturated heterocycles. The normalized spacial score (nSPS) is 11.5. The molecule has 2 rings (SSSR count). The number of hydrazine groups is 1. The van der Waals surface area contributed by atoms with Gasteiger partial charge in [-0.3, -0.25) is 5.43 Å². The van der Waals surface area contributed by atoms with Gasteiger partial charge in [0.15, 0.2) is 0 Å². The maximum Gasteiger partial charge on any atom is 0.234 e. The smallest absolute Gasteiger partial charge is 0.234 e. The Morgan fingerprint density at radius 1 is 1.05 bits per heavy atom. The van der Waals surface area contributed by atoms with Crippen molar-refractivity contribution in [1.82, 2.24) is 5.43 Å². The van der Waals surface area contributed by atoms with E-state index < -0.39 is 0 Å². The monoisotopic (exact) mass is 297 g/mol. The summed E-state index contributed by atoms with van der Waals surface area (Å²) >= 11 is 0. The summed E-state index contributed by atoms with van der Waals surface area (Å²) in [6, 6.07) is 15.7. The van der Waals surface area contributed by atoms with Crippen LogP contribution in [0.2, 0.25) is 0 Å². The van der Waals surface area contributed by atoms with Crippen molar-refractivity contribution >= 4 is 0 Å². The molecule has 5 nitrogen and oxygen atoms in total. The molecular weight excluding hydrogens is 278 g/mol. The average Bonchev–Trinajstić information content (AvgIpc) is 2.53. The molecule has 0 aromatic heterocycles. The zero-order valence-corrected chi connectivity index (χ0v) is 12.3. The van der Waals surface area contributed by atoms with Crippen LogP contribution in [0.15, 0.2) is 72.4 Å². The number of ether oxygens (including phenoxy) is 1. The third kappa shape index (κ3) is 3.59. The molecule has 0 unspecified atom stereocenters. The van der Waals surface area contributed by atoms with Gasteiger partial charge in [0, 0.05) is 0 Å². The highest BCUT2D eigenvalue weighted by Gasteiger charge is 2.08. The maximum atomic E-state index is 9.26. The highest BCUT2D eigenvalue weighted by molar-refractivity contribution is 5.64. The van der Waals surface area contributed by atoms with Gasteiger partial charge in [0.1, 0.15) is 17.2 Å². The fourth-order valence-electron chi connectivity index (χ4n) is 1.87. The molecule has 0 aliphatic rings. The molecule has 0 amide bonds. The molecule has 0 aliphatic carbocycles. The summed E-state index contributed by atoms with van der Waals surface area (Å²) in [6.07, 6.45) is 0. The Balaban J connectivity index is 2.20. The van der Waals surface area contributed by atoms with E-state index in [0.717, 1.165) is 11.1 Å². The summed E-state index contributed by atoms with van der Waals surface area (Å²) in [5.41, 5.74) is 11.3. The van der Waals surface area contributed by atoms with Crippen LogP contribution in [0.25, 0.3) is 11.1 Å². The van der Waals surface area contributed by atoms with E-state index in [-0.39, 0.29) is 17.3 Å². The van der Waals surface area contributed by atoms with Crippen molar-refractivity contribution < 1.29 is 9.84 Å². The van der Waals surface area contributed by atoms with Gasteiger partial charge in [0.25, 0.3) is 0 Å². The van der Waals surface area contributed by atoms with Crippen LogP contribution in [-0.4, -0.2) is 5.11 Å². The summed E-state index contributed by atoms with van der Waals surface area (Å²) < 4.78 is 5.49. The fourth-order valence-corrected chi connectivity index (χ4v) is 1.87. The van der Waals surface area contributed by atoms with Gasteiger partial charge in [-0.1, -0.05) is 48.5 Å². The lowest BCUT2D eigenvalue weighted by atomic mass is 10.0. The van der Waals surface area contributed by atoms with Crippen molar-refractivity contribution in [2.45, 2.75) is 6.92 Å². The summed E-state index contributed by atoms with van der Waals surface area (Å²) in [6.45, 7) is 5.37.